The molecule has 2 N–H and O–H groups in total. The highest BCUT2D eigenvalue weighted by atomic mass is 16.5. The second-order valence-corrected chi connectivity index (χ2v) is 5.30. The number of nitrogens with one attached hydrogen (secondary N) is 1. The van der Waals surface area contributed by atoms with E-state index in [1.807, 2.05) is 0 Å². The third-order valence-corrected chi connectivity index (χ3v) is 3.64. The van der Waals surface area contributed by atoms with E-state index in [-0.39, 0.29) is 5.91 Å². The summed E-state index contributed by atoms with van der Waals surface area (Å²) in [6, 6.07) is 6.47. The third-order valence-electron chi connectivity index (χ3n) is 3.64. The number of aromatic nitrogens is 1. The Hall–Kier alpha value is -2.83. The van der Waals surface area contributed by atoms with Crippen molar-refractivity contribution in [3.8, 4) is 5.75 Å². The fraction of sp³-hybridized carbons (Fsp3) is 0.312. The predicted octanol–water partition coefficient (Wildman–Crippen LogP) is 2.27. The Labute approximate surface area is 132 Å². The molecule has 1 heterocycles. The zero-order chi connectivity index (χ0) is 16.2. The maximum absolute atomic E-state index is 12.3. The molecular formula is C16H16N2O5. The molecule has 0 spiro atoms. The van der Waals surface area contributed by atoms with Crippen molar-refractivity contribution in [2.75, 3.05) is 11.9 Å². The lowest BCUT2D eigenvalue weighted by Gasteiger charge is -2.09. The van der Waals surface area contributed by atoms with Crippen molar-refractivity contribution in [2.24, 2.45) is 0 Å². The molecule has 7 nitrogen and oxygen atoms in total. The maximum atomic E-state index is 12.3. The highest BCUT2D eigenvalue weighted by Gasteiger charge is 2.23. The van der Waals surface area contributed by atoms with Crippen LogP contribution in [0.25, 0.3) is 0 Å². The molecule has 23 heavy (non-hydrogen) atoms. The van der Waals surface area contributed by atoms with Crippen molar-refractivity contribution >= 4 is 17.6 Å². The van der Waals surface area contributed by atoms with Gasteiger partial charge in [-0.1, -0.05) is 5.16 Å². The minimum absolute atomic E-state index is 0.309. The van der Waals surface area contributed by atoms with E-state index in [1.165, 1.54) is 0 Å². The van der Waals surface area contributed by atoms with Crippen LogP contribution in [0.1, 0.15) is 34.7 Å². The molecule has 1 amide bonds. The summed E-state index contributed by atoms with van der Waals surface area (Å²) in [5.41, 5.74) is 1.81. The first-order valence-electron chi connectivity index (χ1n) is 7.37. The van der Waals surface area contributed by atoms with Crippen LogP contribution in [-0.4, -0.2) is 28.7 Å². The van der Waals surface area contributed by atoms with Gasteiger partial charge in [0.1, 0.15) is 11.5 Å². The van der Waals surface area contributed by atoms with Crippen LogP contribution in [0.15, 0.2) is 28.8 Å². The largest absolute Gasteiger partial charge is 0.482 e. The van der Waals surface area contributed by atoms with Gasteiger partial charge in [-0.25, -0.2) is 4.79 Å². The van der Waals surface area contributed by atoms with Crippen LogP contribution in [0.3, 0.4) is 0 Å². The second kappa shape index (κ2) is 6.51. The number of benzene rings is 1. The first-order chi connectivity index (χ1) is 11.1. The Morgan fingerprint density at radius 1 is 1.22 bits per heavy atom. The Balaban J connectivity index is 1.66. The van der Waals surface area contributed by atoms with Gasteiger partial charge in [-0.3, -0.25) is 4.79 Å². The SMILES string of the molecule is O=C(O)COc1ccc(NC(=O)c2noc3c2CCCC3)cc1. The molecule has 0 unspecified atom stereocenters. The molecule has 1 aromatic carbocycles. The molecule has 1 aliphatic carbocycles. The summed E-state index contributed by atoms with van der Waals surface area (Å²) in [6.07, 6.45) is 3.72. The van der Waals surface area contributed by atoms with Gasteiger partial charge in [0.05, 0.1) is 0 Å². The number of hydrogen-bond donors (Lipinski definition) is 2. The van der Waals surface area contributed by atoms with Gasteiger partial charge in [0.25, 0.3) is 5.91 Å². The van der Waals surface area contributed by atoms with E-state index in [4.69, 9.17) is 14.4 Å². The molecular weight excluding hydrogens is 300 g/mol. The van der Waals surface area contributed by atoms with Gasteiger partial charge in [-0.05, 0) is 43.5 Å². The molecule has 0 bridgehead atoms. The van der Waals surface area contributed by atoms with Gasteiger partial charge in [-0.15, -0.1) is 0 Å². The fourth-order valence-corrected chi connectivity index (χ4v) is 2.53. The molecule has 0 aliphatic heterocycles. The number of anilines is 1. The van der Waals surface area contributed by atoms with E-state index < -0.39 is 12.6 Å². The number of carbonyl (C=O) groups is 2. The zero-order valence-corrected chi connectivity index (χ0v) is 12.4. The lowest BCUT2D eigenvalue weighted by atomic mass is 9.96. The summed E-state index contributed by atoms with van der Waals surface area (Å²) in [6.45, 7) is -0.406. The highest BCUT2D eigenvalue weighted by molar-refractivity contribution is 6.03. The number of amides is 1. The smallest absolute Gasteiger partial charge is 0.341 e. The fourth-order valence-electron chi connectivity index (χ4n) is 2.53. The van der Waals surface area contributed by atoms with Gasteiger partial charge in [0.15, 0.2) is 12.3 Å². The van der Waals surface area contributed by atoms with Crippen molar-refractivity contribution in [3.63, 3.8) is 0 Å². The Morgan fingerprint density at radius 2 is 1.96 bits per heavy atom. The molecule has 0 saturated carbocycles. The van der Waals surface area contributed by atoms with Crippen LogP contribution in [-0.2, 0) is 17.6 Å². The lowest BCUT2D eigenvalue weighted by molar-refractivity contribution is -0.139. The van der Waals surface area contributed by atoms with E-state index in [0.29, 0.717) is 17.1 Å². The summed E-state index contributed by atoms with van der Waals surface area (Å²) in [5, 5.41) is 15.2. The van der Waals surface area contributed by atoms with E-state index >= 15 is 0 Å². The molecule has 0 saturated heterocycles. The Morgan fingerprint density at radius 3 is 2.70 bits per heavy atom. The van der Waals surface area contributed by atoms with Crippen LogP contribution in [0, 0.1) is 0 Å². The van der Waals surface area contributed by atoms with Crippen LogP contribution in [0.4, 0.5) is 5.69 Å². The number of carboxylic acid groups (broad SMARTS) is 1. The van der Waals surface area contributed by atoms with E-state index in [2.05, 4.69) is 10.5 Å². The zero-order valence-electron chi connectivity index (χ0n) is 12.4. The van der Waals surface area contributed by atoms with Crippen molar-refractivity contribution in [1.82, 2.24) is 5.16 Å². The highest BCUT2D eigenvalue weighted by Crippen LogP contribution is 2.25. The number of ether oxygens (including phenoxy) is 1. The standard InChI is InChI=1S/C16H16N2O5/c19-14(20)9-22-11-7-5-10(6-8-11)17-16(21)15-12-3-1-2-4-13(12)23-18-15/h5-8H,1-4,9H2,(H,17,21)(H,19,20). The summed E-state index contributed by atoms with van der Waals surface area (Å²) < 4.78 is 10.3. The minimum Gasteiger partial charge on any atom is -0.482 e. The van der Waals surface area contributed by atoms with E-state index in [9.17, 15) is 9.59 Å². The number of hydrogen-bond acceptors (Lipinski definition) is 5. The van der Waals surface area contributed by atoms with Crippen molar-refractivity contribution in [2.45, 2.75) is 25.7 Å². The second-order valence-electron chi connectivity index (χ2n) is 5.30. The first-order valence-corrected chi connectivity index (χ1v) is 7.37. The minimum atomic E-state index is -1.04. The topological polar surface area (TPSA) is 102 Å². The van der Waals surface area contributed by atoms with Crippen LogP contribution >= 0.6 is 0 Å². The van der Waals surface area contributed by atoms with Gasteiger partial charge in [0, 0.05) is 17.7 Å². The molecule has 2 aromatic rings. The molecule has 120 valence electrons. The monoisotopic (exact) mass is 316 g/mol. The molecule has 1 aliphatic rings. The van der Waals surface area contributed by atoms with Gasteiger partial charge < -0.3 is 19.7 Å². The third kappa shape index (κ3) is 3.50. The molecule has 0 fully saturated rings. The van der Waals surface area contributed by atoms with Crippen molar-refractivity contribution in [3.05, 3.63) is 41.3 Å². The number of aliphatic carboxylic acids is 1. The first kappa shape index (κ1) is 15.1. The van der Waals surface area contributed by atoms with Crippen molar-refractivity contribution in [1.29, 1.82) is 0 Å². The summed E-state index contributed by atoms with van der Waals surface area (Å²) in [5.74, 6) is -0.127. The van der Waals surface area contributed by atoms with Gasteiger partial charge in [-0.2, -0.15) is 0 Å². The molecule has 3 rings (SSSR count). The number of nitrogens with zero attached hydrogens (tertiary/aromatic N) is 1. The number of rotatable bonds is 5. The van der Waals surface area contributed by atoms with Crippen LogP contribution in [0.5, 0.6) is 5.75 Å². The summed E-state index contributed by atoms with van der Waals surface area (Å²) in [4.78, 5) is 22.7. The average Bonchev–Trinajstić information content (AvgIpc) is 2.98. The predicted molar refractivity (Wildman–Crippen MR) is 80.7 cm³/mol. The Kier molecular flexibility index (Phi) is 4.27. The van der Waals surface area contributed by atoms with Gasteiger partial charge >= 0.3 is 5.97 Å². The molecule has 0 radical (unpaired) electrons. The number of carbonyl (C=O) groups excluding carboxylic acids is 1. The van der Waals surface area contributed by atoms with E-state index in [1.54, 1.807) is 24.3 Å². The molecule has 1 aromatic heterocycles. The van der Waals surface area contributed by atoms with Crippen molar-refractivity contribution < 1.29 is 24.0 Å². The molecule has 0 atom stereocenters. The number of aryl methyl sites for hydroxylation is 1. The maximum Gasteiger partial charge on any atom is 0.341 e. The lowest BCUT2D eigenvalue weighted by Crippen LogP contribution is -2.15. The van der Waals surface area contributed by atoms with Crippen LogP contribution < -0.4 is 10.1 Å². The number of carboxylic acids is 1. The molecule has 7 heteroatoms. The number of fused-ring (bicyclic) bond motifs is 1. The normalized spacial score (nSPS) is 13.2. The van der Waals surface area contributed by atoms with Crippen LogP contribution in [0.2, 0.25) is 0 Å². The van der Waals surface area contributed by atoms with Gasteiger partial charge in [0.2, 0.25) is 0 Å². The summed E-state index contributed by atoms with van der Waals surface area (Å²) in [7, 11) is 0. The summed E-state index contributed by atoms with van der Waals surface area (Å²) >= 11 is 0. The average molecular weight is 316 g/mol. The quantitative estimate of drug-likeness (QED) is 0.877. The Bertz CT molecular complexity index is 721. The van der Waals surface area contributed by atoms with E-state index in [0.717, 1.165) is 37.0 Å².